The summed E-state index contributed by atoms with van der Waals surface area (Å²) in [7, 11) is 0. The first kappa shape index (κ1) is 25.3. The van der Waals surface area contributed by atoms with Crippen LogP contribution in [0.1, 0.15) is 66.1 Å². The SMILES string of the molecule is O=C(O)c1ccc2nc(N3C[C@H]4CC[C@@H]3C[C@H](OCc3c(-c5c(Cl)cccc5Cl)noc3C3CC3)C4)sc2c1. The van der Waals surface area contributed by atoms with Crippen molar-refractivity contribution in [1.82, 2.24) is 10.1 Å². The number of hydrogen-bond acceptors (Lipinski definition) is 7. The molecule has 2 aromatic heterocycles. The zero-order valence-corrected chi connectivity index (χ0v) is 23.4. The minimum atomic E-state index is -0.918. The van der Waals surface area contributed by atoms with E-state index in [-0.39, 0.29) is 6.10 Å². The second-order valence-electron chi connectivity index (χ2n) is 10.9. The van der Waals surface area contributed by atoms with Crippen molar-refractivity contribution in [1.29, 1.82) is 0 Å². The number of carboxylic acids is 1. The van der Waals surface area contributed by atoms with E-state index in [1.54, 1.807) is 29.5 Å². The first-order chi connectivity index (χ1) is 18.9. The molecule has 4 heterocycles. The molecule has 7 nitrogen and oxygen atoms in total. The van der Waals surface area contributed by atoms with E-state index < -0.39 is 5.97 Å². The Bertz CT molecular complexity index is 1550. The molecular formula is C29H27Cl2N3O4S. The van der Waals surface area contributed by atoms with Crippen LogP contribution in [0.2, 0.25) is 10.0 Å². The molecule has 4 fully saturated rings. The van der Waals surface area contributed by atoms with Crippen LogP contribution in [0.5, 0.6) is 0 Å². The predicted octanol–water partition coefficient (Wildman–Crippen LogP) is 7.80. The molecule has 2 saturated heterocycles. The van der Waals surface area contributed by atoms with Crippen molar-refractivity contribution >= 4 is 55.9 Å². The number of rotatable bonds is 7. The maximum Gasteiger partial charge on any atom is 0.335 e. The predicted molar refractivity (Wildman–Crippen MR) is 152 cm³/mol. The molecule has 0 unspecified atom stereocenters. The van der Waals surface area contributed by atoms with Crippen molar-refractivity contribution in [3.8, 4) is 11.3 Å². The second-order valence-corrected chi connectivity index (χ2v) is 12.7. The molecule has 202 valence electrons. The summed E-state index contributed by atoms with van der Waals surface area (Å²) in [6.45, 7) is 1.35. The number of piperidine rings is 1. The normalized spacial score (nSPS) is 22.9. The molecule has 8 rings (SSSR count). The van der Waals surface area contributed by atoms with Gasteiger partial charge in [0.15, 0.2) is 5.13 Å². The number of fused-ring (bicyclic) bond motifs is 5. The Hall–Kier alpha value is -2.65. The van der Waals surface area contributed by atoms with Crippen molar-refractivity contribution in [2.24, 2.45) is 5.92 Å². The molecule has 2 aliphatic heterocycles. The fourth-order valence-electron chi connectivity index (χ4n) is 6.10. The van der Waals surface area contributed by atoms with Gasteiger partial charge in [-0.3, -0.25) is 0 Å². The highest BCUT2D eigenvalue weighted by molar-refractivity contribution is 7.22. The lowest BCUT2D eigenvalue weighted by Gasteiger charge is -2.36. The number of aromatic carboxylic acids is 1. The van der Waals surface area contributed by atoms with Gasteiger partial charge in [0.25, 0.3) is 0 Å². The third kappa shape index (κ3) is 4.82. The van der Waals surface area contributed by atoms with Gasteiger partial charge in [-0.25, -0.2) is 9.78 Å². The number of carboxylic acid groups (broad SMARTS) is 1. The highest BCUT2D eigenvalue weighted by atomic mass is 35.5. The Morgan fingerprint density at radius 3 is 2.72 bits per heavy atom. The molecule has 2 aliphatic carbocycles. The zero-order valence-electron chi connectivity index (χ0n) is 21.1. The average Bonchev–Trinajstić information content (AvgIpc) is 3.63. The second kappa shape index (κ2) is 10.1. The number of halogens is 2. The molecule has 0 amide bonds. The molecular weight excluding hydrogens is 557 g/mol. The van der Waals surface area contributed by atoms with Crippen LogP contribution in [0.3, 0.4) is 0 Å². The lowest BCUT2D eigenvalue weighted by Crippen LogP contribution is -2.41. The number of hydrogen-bond donors (Lipinski definition) is 1. The number of aromatic nitrogens is 2. The van der Waals surface area contributed by atoms with Crippen molar-refractivity contribution in [3.05, 3.63) is 63.3 Å². The summed E-state index contributed by atoms with van der Waals surface area (Å²) in [6, 6.07) is 10.9. The van der Waals surface area contributed by atoms with E-state index in [2.05, 4.69) is 10.1 Å². The minimum absolute atomic E-state index is 0.108. The summed E-state index contributed by atoms with van der Waals surface area (Å²) in [5, 5.41) is 15.8. The molecule has 39 heavy (non-hydrogen) atoms. The number of nitrogens with zero attached hydrogens (tertiary/aromatic N) is 3. The van der Waals surface area contributed by atoms with Gasteiger partial charge in [0.05, 0.1) is 38.5 Å². The summed E-state index contributed by atoms with van der Waals surface area (Å²) in [4.78, 5) is 18.7. The fourth-order valence-corrected chi connectivity index (χ4v) is 7.76. The highest BCUT2D eigenvalue weighted by Crippen LogP contribution is 2.47. The van der Waals surface area contributed by atoms with Gasteiger partial charge in [0.1, 0.15) is 11.5 Å². The topological polar surface area (TPSA) is 88.7 Å². The third-order valence-electron chi connectivity index (χ3n) is 8.23. The molecule has 2 aromatic carbocycles. The van der Waals surface area contributed by atoms with Crippen molar-refractivity contribution < 1.29 is 19.2 Å². The monoisotopic (exact) mass is 583 g/mol. The van der Waals surface area contributed by atoms with E-state index >= 15 is 0 Å². The van der Waals surface area contributed by atoms with E-state index in [0.717, 1.165) is 65.3 Å². The Labute approximate surface area is 239 Å². The van der Waals surface area contributed by atoms with Crippen molar-refractivity contribution in [2.75, 3.05) is 11.4 Å². The highest BCUT2D eigenvalue weighted by Gasteiger charge is 2.39. The van der Waals surface area contributed by atoms with Crippen LogP contribution < -0.4 is 4.90 Å². The number of anilines is 1. The van der Waals surface area contributed by atoms with Gasteiger partial charge in [0.2, 0.25) is 0 Å². The van der Waals surface area contributed by atoms with Gasteiger partial charge < -0.3 is 19.3 Å². The summed E-state index contributed by atoms with van der Waals surface area (Å²) >= 11 is 14.7. The number of ether oxygens (including phenoxy) is 1. The first-order valence-electron chi connectivity index (χ1n) is 13.4. The summed E-state index contributed by atoms with van der Waals surface area (Å²) in [5.74, 6) is 0.874. The van der Waals surface area contributed by atoms with E-state index in [1.807, 2.05) is 18.2 Å². The molecule has 2 saturated carbocycles. The van der Waals surface area contributed by atoms with E-state index in [0.29, 0.717) is 51.4 Å². The average molecular weight is 585 g/mol. The minimum Gasteiger partial charge on any atom is -0.478 e. The van der Waals surface area contributed by atoms with Crippen LogP contribution in [0.15, 0.2) is 40.9 Å². The maximum absolute atomic E-state index is 11.4. The zero-order chi connectivity index (χ0) is 26.7. The smallest absolute Gasteiger partial charge is 0.335 e. The van der Waals surface area contributed by atoms with Crippen LogP contribution in [0, 0.1) is 5.92 Å². The Balaban J connectivity index is 1.12. The van der Waals surface area contributed by atoms with Crippen LogP contribution in [-0.4, -0.2) is 39.9 Å². The number of benzene rings is 2. The standard InChI is InChI=1S/C29H27Cl2N3O4S/c30-21-2-1-3-22(31)25(21)26-20(27(38-33-26)16-5-6-16)14-37-19-10-15-4-8-18(12-19)34(13-15)29-32-23-9-7-17(28(35)36)11-24(23)39-29/h1-3,7,9,11,15-16,18-19H,4-6,8,10,12-14H2,(H,35,36)/t15-,18+,19+/m0/s1. The maximum atomic E-state index is 11.4. The quantitative estimate of drug-likeness (QED) is 0.237. The van der Waals surface area contributed by atoms with Crippen LogP contribution in [0.4, 0.5) is 5.13 Å². The van der Waals surface area contributed by atoms with Gasteiger partial charge in [-0.15, -0.1) is 0 Å². The van der Waals surface area contributed by atoms with E-state index in [1.165, 1.54) is 6.42 Å². The largest absolute Gasteiger partial charge is 0.478 e. The molecule has 3 atom stereocenters. The van der Waals surface area contributed by atoms with Gasteiger partial charge >= 0.3 is 5.97 Å². The number of carbonyl (C=O) groups is 1. The summed E-state index contributed by atoms with van der Waals surface area (Å²) in [5.41, 5.74) is 3.48. The molecule has 0 spiro atoms. The number of thiazole rings is 1. The van der Waals surface area contributed by atoms with E-state index in [4.69, 9.17) is 37.4 Å². The Morgan fingerprint density at radius 2 is 1.95 bits per heavy atom. The van der Waals surface area contributed by atoms with Gasteiger partial charge in [-0.2, -0.15) is 0 Å². The molecule has 2 bridgehead atoms. The molecule has 4 aromatic rings. The summed E-state index contributed by atoms with van der Waals surface area (Å²) < 4.78 is 13.4. The molecule has 4 aliphatic rings. The Kier molecular flexibility index (Phi) is 6.54. The first-order valence-corrected chi connectivity index (χ1v) is 15.0. The molecule has 0 radical (unpaired) electrons. The van der Waals surface area contributed by atoms with Crippen LogP contribution >= 0.6 is 34.5 Å². The van der Waals surface area contributed by atoms with Crippen LogP contribution in [0.25, 0.3) is 21.5 Å². The van der Waals surface area contributed by atoms with Crippen molar-refractivity contribution in [3.63, 3.8) is 0 Å². The lowest BCUT2D eigenvalue weighted by molar-refractivity contribution is 0.0257. The van der Waals surface area contributed by atoms with Gasteiger partial charge in [-0.05, 0) is 74.8 Å². The van der Waals surface area contributed by atoms with Gasteiger partial charge in [-0.1, -0.05) is 45.8 Å². The lowest BCUT2D eigenvalue weighted by atomic mass is 9.95. The van der Waals surface area contributed by atoms with Crippen LogP contribution in [-0.2, 0) is 11.3 Å². The van der Waals surface area contributed by atoms with E-state index in [9.17, 15) is 9.90 Å². The Morgan fingerprint density at radius 1 is 1.13 bits per heavy atom. The fraction of sp³-hybridized carbons (Fsp3) is 0.414. The van der Waals surface area contributed by atoms with Gasteiger partial charge in [0, 0.05) is 29.6 Å². The van der Waals surface area contributed by atoms with Crippen molar-refractivity contribution in [2.45, 2.75) is 63.2 Å². The molecule has 1 N–H and O–H groups in total. The molecule has 10 heteroatoms. The summed E-state index contributed by atoms with van der Waals surface area (Å²) in [6.07, 6.45) is 6.48. The third-order valence-corrected chi connectivity index (χ3v) is 9.92.